The van der Waals surface area contributed by atoms with Gasteiger partial charge in [-0.15, -0.1) is 0 Å². The van der Waals surface area contributed by atoms with Crippen LogP contribution in [0.15, 0.2) is 24.3 Å². The second-order valence-electron chi connectivity index (χ2n) is 8.90. The minimum Gasteiger partial charge on any atom is -0.362 e. The Morgan fingerprint density at radius 2 is 1.78 bits per heavy atom. The number of piperazine rings is 1. The molecule has 2 N–H and O–H groups in total. The SMILES string of the molecule is CCCN(CCC)CCCNC(=S)Nc1ccc2nc(N3CCN(C)CC3)cc(C)c2c1. The molecular weight excluding hydrogens is 416 g/mol. The first-order chi connectivity index (χ1) is 15.5. The zero-order valence-corrected chi connectivity index (χ0v) is 21.1. The second-order valence-corrected chi connectivity index (χ2v) is 9.30. The van der Waals surface area contributed by atoms with Crippen LogP contribution in [0.5, 0.6) is 0 Å². The lowest BCUT2D eigenvalue weighted by Crippen LogP contribution is -2.44. The van der Waals surface area contributed by atoms with Gasteiger partial charge in [-0.3, -0.25) is 0 Å². The topological polar surface area (TPSA) is 46.7 Å². The molecule has 1 aliphatic heterocycles. The summed E-state index contributed by atoms with van der Waals surface area (Å²) in [5.74, 6) is 1.08. The molecule has 0 unspecified atom stereocenters. The van der Waals surface area contributed by atoms with Gasteiger partial charge >= 0.3 is 0 Å². The van der Waals surface area contributed by atoms with Crippen molar-refractivity contribution in [2.45, 2.75) is 40.0 Å². The van der Waals surface area contributed by atoms with E-state index in [-0.39, 0.29) is 0 Å². The first kappa shape index (κ1) is 24.7. The zero-order valence-electron chi connectivity index (χ0n) is 20.3. The summed E-state index contributed by atoms with van der Waals surface area (Å²) in [6, 6.07) is 8.54. The second kappa shape index (κ2) is 12.3. The van der Waals surface area contributed by atoms with Crippen molar-refractivity contribution < 1.29 is 0 Å². The number of nitrogens with one attached hydrogen (secondary N) is 2. The molecule has 2 heterocycles. The lowest BCUT2D eigenvalue weighted by atomic mass is 10.1. The van der Waals surface area contributed by atoms with Crippen molar-refractivity contribution in [2.75, 3.05) is 69.6 Å². The Balaban J connectivity index is 1.54. The van der Waals surface area contributed by atoms with Gasteiger partial charge in [-0.25, -0.2) is 4.98 Å². The lowest BCUT2D eigenvalue weighted by molar-refractivity contribution is 0.272. The summed E-state index contributed by atoms with van der Waals surface area (Å²) in [7, 11) is 2.18. The Hall–Kier alpha value is -1.96. The van der Waals surface area contributed by atoms with Crippen LogP contribution in [0.25, 0.3) is 10.9 Å². The number of anilines is 2. The summed E-state index contributed by atoms with van der Waals surface area (Å²) in [5, 5.41) is 8.56. The third-order valence-corrected chi connectivity index (χ3v) is 6.35. The van der Waals surface area contributed by atoms with Gasteiger partial charge in [0.05, 0.1) is 5.52 Å². The molecule has 0 spiro atoms. The largest absolute Gasteiger partial charge is 0.362 e. The van der Waals surface area contributed by atoms with Gasteiger partial charge in [-0.1, -0.05) is 13.8 Å². The predicted molar refractivity (Wildman–Crippen MR) is 142 cm³/mol. The van der Waals surface area contributed by atoms with Crippen molar-refractivity contribution in [3.05, 3.63) is 29.8 Å². The third kappa shape index (κ3) is 7.02. The number of fused-ring (bicyclic) bond motifs is 1. The Morgan fingerprint density at radius 1 is 1.06 bits per heavy atom. The van der Waals surface area contributed by atoms with Crippen molar-refractivity contribution in [1.29, 1.82) is 0 Å². The van der Waals surface area contributed by atoms with E-state index in [2.05, 4.69) is 77.4 Å². The molecule has 0 bridgehead atoms. The minimum atomic E-state index is 0.682. The average molecular weight is 457 g/mol. The van der Waals surface area contributed by atoms with Crippen LogP contribution in [-0.2, 0) is 0 Å². The van der Waals surface area contributed by atoms with Crippen LogP contribution in [-0.4, -0.2) is 79.3 Å². The van der Waals surface area contributed by atoms with Gasteiger partial charge in [0.2, 0.25) is 0 Å². The molecule has 176 valence electrons. The lowest BCUT2D eigenvalue weighted by Gasteiger charge is -2.33. The number of nitrogens with zero attached hydrogens (tertiary/aromatic N) is 4. The number of thiocarbonyl (C=S) groups is 1. The Morgan fingerprint density at radius 3 is 2.47 bits per heavy atom. The molecule has 1 fully saturated rings. The molecular formula is C25H40N6S. The molecule has 0 amide bonds. The number of hydrogen-bond donors (Lipinski definition) is 2. The number of hydrogen-bond acceptors (Lipinski definition) is 5. The smallest absolute Gasteiger partial charge is 0.170 e. The molecule has 0 atom stereocenters. The third-order valence-electron chi connectivity index (χ3n) is 6.10. The molecule has 6 nitrogen and oxygen atoms in total. The van der Waals surface area contributed by atoms with Crippen LogP contribution in [0.4, 0.5) is 11.5 Å². The van der Waals surface area contributed by atoms with Gasteiger partial charge in [-0.2, -0.15) is 0 Å². The van der Waals surface area contributed by atoms with Gasteiger partial charge in [0.15, 0.2) is 5.11 Å². The first-order valence-electron chi connectivity index (χ1n) is 12.1. The van der Waals surface area contributed by atoms with Gasteiger partial charge < -0.3 is 25.3 Å². The van der Waals surface area contributed by atoms with E-state index in [1.807, 2.05) is 0 Å². The molecule has 0 saturated carbocycles. The molecule has 2 aromatic rings. The highest BCUT2D eigenvalue weighted by Gasteiger charge is 2.16. The molecule has 0 radical (unpaired) electrons. The standard InChI is InChI=1S/C25H40N6S/c1-5-11-30(12-6-2)13-7-10-26-25(32)27-21-8-9-23-22(19-21)20(3)18-24(28-23)31-16-14-29(4)15-17-31/h8-9,18-19H,5-7,10-17H2,1-4H3,(H2,26,27,32). The van der Waals surface area contributed by atoms with Crippen LogP contribution in [0, 0.1) is 6.92 Å². The molecule has 3 rings (SSSR count). The number of aryl methyl sites for hydroxylation is 1. The van der Waals surface area contributed by atoms with Crippen molar-refractivity contribution in [3.63, 3.8) is 0 Å². The van der Waals surface area contributed by atoms with Gasteiger partial charge in [0.25, 0.3) is 0 Å². The van der Waals surface area contributed by atoms with Crippen LogP contribution < -0.4 is 15.5 Å². The van der Waals surface area contributed by atoms with E-state index >= 15 is 0 Å². The fraction of sp³-hybridized carbons (Fsp3) is 0.600. The predicted octanol–water partition coefficient (Wildman–Crippen LogP) is 4.09. The number of rotatable bonds is 10. The van der Waals surface area contributed by atoms with Crippen molar-refractivity contribution in [1.82, 2.24) is 20.1 Å². The fourth-order valence-electron chi connectivity index (χ4n) is 4.30. The van der Waals surface area contributed by atoms with E-state index < -0.39 is 0 Å². The fourth-order valence-corrected chi connectivity index (χ4v) is 4.52. The number of benzene rings is 1. The van der Waals surface area contributed by atoms with Gasteiger partial charge in [0, 0.05) is 43.8 Å². The van der Waals surface area contributed by atoms with E-state index in [0.29, 0.717) is 5.11 Å². The maximum atomic E-state index is 5.53. The summed E-state index contributed by atoms with van der Waals surface area (Å²) >= 11 is 5.53. The average Bonchev–Trinajstić information content (AvgIpc) is 2.78. The monoisotopic (exact) mass is 456 g/mol. The first-order valence-corrected chi connectivity index (χ1v) is 12.5. The maximum Gasteiger partial charge on any atom is 0.170 e. The van der Waals surface area contributed by atoms with Crippen molar-refractivity contribution in [3.8, 4) is 0 Å². The Bertz CT molecular complexity index is 872. The Kier molecular flexibility index (Phi) is 9.51. The summed E-state index contributed by atoms with van der Waals surface area (Å²) in [6.45, 7) is 15.2. The molecule has 1 aliphatic rings. The van der Waals surface area contributed by atoms with Crippen LogP contribution in [0.1, 0.15) is 38.7 Å². The van der Waals surface area contributed by atoms with Gasteiger partial charge in [0.1, 0.15) is 5.82 Å². The highest BCUT2D eigenvalue weighted by atomic mass is 32.1. The molecule has 0 aliphatic carbocycles. The minimum absolute atomic E-state index is 0.682. The highest BCUT2D eigenvalue weighted by Crippen LogP contribution is 2.26. The summed E-state index contributed by atoms with van der Waals surface area (Å²) in [6.07, 6.45) is 3.51. The Labute approximate surface area is 199 Å². The molecule has 1 saturated heterocycles. The molecule has 1 aromatic heterocycles. The maximum absolute atomic E-state index is 5.53. The number of likely N-dealkylation sites (N-methyl/N-ethyl adjacent to an activating group) is 1. The number of pyridine rings is 1. The molecule has 7 heteroatoms. The quantitative estimate of drug-likeness (QED) is 0.412. The normalized spacial score (nSPS) is 14.8. The molecule has 1 aromatic carbocycles. The number of aromatic nitrogens is 1. The molecule has 32 heavy (non-hydrogen) atoms. The summed E-state index contributed by atoms with van der Waals surface area (Å²) < 4.78 is 0. The van der Waals surface area contributed by atoms with Crippen LogP contribution in [0.2, 0.25) is 0 Å². The van der Waals surface area contributed by atoms with E-state index in [4.69, 9.17) is 17.2 Å². The van der Waals surface area contributed by atoms with Crippen LogP contribution in [0.3, 0.4) is 0 Å². The van der Waals surface area contributed by atoms with Crippen LogP contribution >= 0.6 is 12.2 Å². The van der Waals surface area contributed by atoms with E-state index in [1.165, 1.54) is 36.9 Å². The van der Waals surface area contributed by atoms with Gasteiger partial charge in [-0.05, 0) is 94.9 Å². The summed E-state index contributed by atoms with van der Waals surface area (Å²) in [4.78, 5) is 12.2. The zero-order chi connectivity index (χ0) is 22.9. The van der Waals surface area contributed by atoms with Crippen molar-refractivity contribution in [2.24, 2.45) is 0 Å². The van der Waals surface area contributed by atoms with Crippen molar-refractivity contribution >= 4 is 39.7 Å². The van der Waals surface area contributed by atoms with E-state index in [9.17, 15) is 0 Å². The highest BCUT2D eigenvalue weighted by molar-refractivity contribution is 7.80. The summed E-state index contributed by atoms with van der Waals surface area (Å²) in [5.41, 5.74) is 3.29. The van der Waals surface area contributed by atoms with E-state index in [0.717, 1.165) is 62.7 Å². The van der Waals surface area contributed by atoms with E-state index in [1.54, 1.807) is 0 Å².